The number of aromatic nitrogens is 6. The molecule has 0 amide bonds. The van der Waals surface area contributed by atoms with Crippen LogP contribution in [0.5, 0.6) is 0 Å². The maximum atomic E-state index is 10.9. The molecule has 2 aromatic carbocycles. The number of alkyl halides is 1. The van der Waals surface area contributed by atoms with Crippen molar-refractivity contribution in [2.45, 2.75) is 54.1 Å². The van der Waals surface area contributed by atoms with E-state index in [0.29, 0.717) is 27.6 Å². The molecular formula is C46H55BrCl2N12O4S2. The highest BCUT2D eigenvalue weighted by Gasteiger charge is 2.20. The molecule has 0 unspecified atom stereocenters. The average molecular weight is 1050 g/mol. The molecule has 2 saturated heterocycles. The Hall–Kier alpha value is -5.02. The molecule has 67 heavy (non-hydrogen) atoms. The van der Waals surface area contributed by atoms with E-state index in [1.54, 1.807) is 35.1 Å². The van der Waals surface area contributed by atoms with Gasteiger partial charge in [-0.2, -0.15) is 0 Å². The highest BCUT2D eigenvalue weighted by molar-refractivity contribution is 9.09. The molecule has 0 saturated carbocycles. The Bertz CT molecular complexity index is 2600. The predicted octanol–water partition coefficient (Wildman–Crippen LogP) is 9.57. The number of hydrogen-bond acceptors (Lipinski definition) is 17. The Kier molecular flexibility index (Phi) is 18.3. The van der Waals surface area contributed by atoms with Crippen molar-refractivity contribution in [1.29, 1.82) is 0 Å². The molecule has 6 heterocycles. The van der Waals surface area contributed by atoms with Crippen molar-refractivity contribution < 1.29 is 19.4 Å². The zero-order valence-corrected chi connectivity index (χ0v) is 43.2. The van der Waals surface area contributed by atoms with Crippen molar-refractivity contribution >= 4 is 108 Å². The highest BCUT2D eigenvalue weighted by Crippen LogP contribution is 2.35. The van der Waals surface area contributed by atoms with Crippen LogP contribution in [0.15, 0.2) is 60.9 Å². The van der Waals surface area contributed by atoms with Crippen molar-refractivity contribution in [2.24, 2.45) is 0 Å². The number of carbonyl (C=O) groups excluding carboxylic acids is 1. The van der Waals surface area contributed by atoms with E-state index in [0.717, 1.165) is 106 Å². The number of anilines is 6. The van der Waals surface area contributed by atoms with Crippen LogP contribution in [-0.4, -0.2) is 122 Å². The van der Waals surface area contributed by atoms with Gasteiger partial charge in [-0.15, -0.1) is 22.7 Å². The van der Waals surface area contributed by atoms with Crippen molar-refractivity contribution in [2.75, 3.05) is 84.7 Å². The first-order valence-electron chi connectivity index (χ1n) is 21.5. The summed E-state index contributed by atoms with van der Waals surface area (Å²) < 4.78 is 4.90. The van der Waals surface area contributed by atoms with Crippen LogP contribution in [0.1, 0.15) is 42.2 Å². The molecule has 8 rings (SSSR count). The third-order valence-electron chi connectivity index (χ3n) is 10.1. The molecule has 0 spiro atoms. The fourth-order valence-electron chi connectivity index (χ4n) is 7.09. The number of nitrogens with zero attached hydrogens (tertiary/aromatic N) is 9. The number of carbonyl (C=O) groups is 2. The number of nitrogens with one attached hydrogen (secondary N) is 3. The molecule has 356 valence electrons. The molecule has 0 bridgehead atoms. The first-order chi connectivity index (χ1) is 31.9. The lowest BCUT2D eigenvalue weighted by atomic mass is 10.2. The summed E-state index contributed by atoms with van der Waals surface area (Å²) in [5, 5.41) is 22.1. The number of aliphatic carboxylic acids is 1. The number of thiazole rings is 2. The molecule has 6 aromatic rings. The third kappa shape index (κ3) is 15.2. The van der Waals surface area contributed by atoms with Gasteiger partial charge in [0.1, 0.15) is 22.3 Å². The van der Waals surface area contributed by atoms with Crippen LogP contribution in [0.2, 0.25) is 10.0 Å². The Morgan fingerprint density at radius 1 is 0.716 bits per heavy atom. The van der Waals surface area contributed by atoms with E-state index in [-0.39, 0.29) is 23.4 Å². The number of benzene rings is 2. The van der Waals surface area contributed by atoms with Gasteiger partial charge in [0, 0.05) is 75.1 Å². The molecule has 4 aromatic heterocycles. The minimum absolute atomic E-state index is 0.0976. The quantitative estimate of drug-likeness (QED) is 0.0709. The molecule has 0 aliphatic carbocycles. The lowest BCUT2D eigenvalue weighted by Gasteiger charge is -2.35. The summed E-state index contributed by atoms with van der Waals surface area (Å²) in [7, 11) is 0. The van der Waals surface area contributed by atoms with Crippen LogP contribution >= 0.6 is 61.8 Å². The minimum atomic E-state index is -0.780. The van der Waals surface area contributed by atoms with Crippen LogP contribution in [-0.2, 0) is 14.3 Å². The molecular weight excluding hydrogens is 1000 g/mol. The van der Waals surface area contributed by atoms with E-state index in [9.17, 15) is 9.59 Å². The van der Waals surface area contributed by atoms with Crippen molar-refractivity contribution in [1.82, 2.24) is 40.1 Å². The van der Waals surface area contributed by atoms with E-state index >= 15 is 0 Å². The molecule has 2 aliphatic heterocycles. The number of rotatable bonds is 11. The monoisotopic (exact) mass is 1050 g/mol. The number of ether oxygens (including phenoxy) is 1. The van der Waals surface area contributed by atoms with Crippen LogP contribution in [0.4, 0.5) is 34.6 Å². The van der Waals surface area contributed by atoms with E-state index in [1.807, 2.05) is 77.6 Å². The number of aryl methyl sites for hydroxylation is 4. The fraction of sp³-hybridized carbons (Fsp3) is 0.391. The molecule has 21 heteroatoms. The second-order valence-electron chi connectivity index (χ2n) is 16.5. The van der Waals surface area contributed by atoms with Gasteiger partial charge in [-0.05, 0) is 97.0 Å². The lowest BCUT2D eigenvalue weighted by Crippen LogP contribution is -2.47. The average Bonchev–Trinajstić information content (AvgIpc) is 3.82. The largest absolute Gasteiger partial charge is 0.480 e. The molecule has 4 N–H and O–H groups in total. The Morgan fingerprint density at radius 2 is 1.15 bits per heavy atom. The van der Waals surface area contributed by atoms with Gasteiger partial charge in [0.05, 0.1) is 60.1 Å². The summed E-state index contributed by atoms with van der Waals surface area (Å²) in [6.07, 6.45) is 3.24. The van der Waals surface area contributed by atoms with Crippen molar-refractivity contribution in [3.05, 3.63) is 92.4 Å². The lowest BCUT2D eigenvalue weighted by molar-refractivity contribution is -0.151. The minimum Gasteiger partial charge on any atom is -0.480 e. The van der Waals surface area contributed by atoms with Gasteiger partial charge in [0.15, 0.2) is 0 Å². The summed E-state index contributed by atoms with van der Waals surface area (Å²) in [6, 6.07) is 16.4. The van der Waals surface area contributed by atoms with Crippen LogP contribution in [0.25, 0.3) is 21.1 Å². The van der Waals surface area contributed by atoms with E-state index in [2.05, 4.69) is 95.8 Å². The SMILES string of the molecule is CC(C)(C)OC(=O)CBr.Cc1nc(C)c(-c2nc(Nc3ccc(N4CCN(CC(=O)O)CC4)cc3)ncc2Cl)s1.Cc1nc(C)c(-c2nc(Nc3ccc(N4CCNCC4)cc3)ncc2Cl)s1. The molecule has 0 atom stereocenters. The molecule has 2 aliphatic rings. The summed E-state index contributed by atoms with van der Waals surface area (Å²) in [4.78, 5) is 56.7. The molecule has 0 radical (unpaired) electrons. The van der Waals surface area contributed by atoms with Gasteiger partial charge in [0.25, 0.3) is 0 Å². The van der Waals surface area contributed by atoms with Gasteiger partial charge in [0.2, 0.25) is 11.9 Å². The smallest absolute Gasteiger partial charge is 0.317 e. The number of hydrogen-bond donors (Lipinski definition) is 4. The number of carboxylic acids is 1. The number of carboxylic acid groups (broad SMARTS) is 1. The Morgan fingerprint density at radius 3 is 1.51 bits per heavy atom. The number of piperazine rings is 2. The topological polar surface area (TPSA) is 187 Å². The van der Waals surface area contributed by atoms with Crippen molar-refractivity contribution in [3.63, 3.8) is 0 Å². The van der Waals surface area contributed by atoms with Gasteiger partial charge < -0.3 is 35.6 Å². The van der Waals surface area contributed by atoms with Crippen LogP contribution in [0, 0.1) is 27.7 Å². The summed E-state index contributed by atoms with van der Waals surface area (Å²) in [6.45, 7) is 20.7. The maximum Gasteiger partial charge on any atom is 0.317 e. The third-order valence-corrected chi connectivity index (χ3v) is 13.3. The normalized spacial score (nSPS) is 14.1. The Labute approximate surface area is 417 Å². The van der Waals surface area contributed by atoms with Gasteiger partial charge >= 0.3 is 11.9 Å². The summed E-state index contributed by atoms with van der Waals surface area (Å²) >= 11 is 18.8. The number of halogens is 3. The van der Waals surface area contributed by atoms with E-state index in [4.69, 9.17) is 33.0 Å². The second-order valence-corrected chi connectivity index (χ2v) is 20.3. The molecule has 16 nitrogen and oxygen atoms in total. The zero-order valence-electron chi connectivity index (χ0n) is 38.5. The van der Waals surface area contributed by atoms with Gasteiger partial charge in [-0.25, -0.2) is 29.9 Å². The summed E-state index contributed by atoms with van der Waals surface area (Å²) in [5.74, 6) is -0.00532. The fourth-order valence-corrected chi connectivity index (χ4v) is 9.54. The predicted molar refractivity (Wildman–Crippen MR) is 276 cm³/mol. The van der Waals surface area contributed by atoms with Crippen molar-refractivity contribution in [3.8, 4) is 21.1 Å². The standard InChI is InChI=1S/C21H23ClN6O2S.C19H21ClN6S.C6H11BrO2/c1-13-20(31-14(2)24-13)19-17(22)11-23-21(26-19)25-15-3-5-16(6-4-15)28-9-7-27(8-10-28)12-18(29)30;1-12-18(27-13(2)23-12)17-16(20)11-22-19(25-17)24-14-3-5-15(6-4-14)26-9-7-21-8-10-26;1-6(2,3)9-5(8)4-7/h3-6,11H,7-10,12H2,1-2H3,(H,29,30)(H,23,25,26);3-6,11,21H,7-10H2,1-2H3,(H,22,24,25);4H2,1-3H3. The zero-order chi connectivity index (χ0) is 48.3. The van der Waals surface area contributed by atoms with E-state index in [1.165, 1.54) is 5.69 Å². The van der Waals surface area contributed by atoms with Gasteiger partial charge in [-0.1, -0.05) is 39.1 Å². The van der Waals surface area contributed by atoms with Crippen LogP contribution in [0.3, 0.4) is 0 Å². The second kappa shape index (κ2) is 23.8. The highest BCUT2D eigenvalue weighted by atomic mass is 79.9. The molecule has 2 fully saturated rings. The Balaban J connectivity index is 0.000000188. The number of esters is 1. The first kappa shape index (κ1) is 51.4. The van der Waals surface area contributed by atoms with E-state index < -0.39 is 5.97 Å². The van der Waals surface area contributed by atoms with Gasteiger partial charge in [-0.3, -0.25) is 14.5 Å². The first-order valence-corrected chi connectivity index (χ1v) is 25.1. The summed E-state index contributed by atoms with van der Waals surface area (Å²) in [5.41, 5.74) is 7.03. The maximum absolute atomic E-state index is 10.9. The van der Waals surface area contributed by atoms with Crippen LogP contribution < -0.4 is 25.8 Å².